The number of allylic oxidation sites excluding steroid dienone is 5. The van der Waals surface area contributed by atoms with Crippen molar-refractivity contribution in [3.05, 3.63) is 167 Å². The molecule has 0 amide bonds. The van der Waals surface area contributed by atoms with E-state index in [2.05, 4.69) is 111 Å². The minimum absolute atomic E-state index is 0.0894. The first kappa shape index (κ1) is 30.3. The lowest BCUT2D eigenvalue weighted by atomic mass is 9.88. The van der Waals surface area contributed by atoms with Gasteiger partial charge in [-0.25, -0.2) is 4.99 Å². The SMILES string of the molecule is CCC(/C=C(\N=C(/N)c1ccccc1)c1ccc(C2=CC=CCC2)cc1)c1cc(C)nc2c3c(ccc12)CCC(c1ccccc1)=N3. The van der Waals surface area contributed by atoms with Gasteiger partial charge in [0.2, 0.25) is 0 Å². The number of benzene rings is 4. The molecule has 0 radical (unpaired) electrons. The Bertz CT molecular complexity index is 2060. The van der Waals surface area contributed by atoms with Crippen LogP contribution in [0.25, 0.3) is 22.2 Å². The molecule has 5 aromatic rings. The van der Waals surface area contributed by atoms with Gasteiger partial charge in [-0.3, -0.25) is 9.98 Å². The van der Waals surface area contributed by atoms with Crippen LogP contribution in [-0.4, -0.2) is 16.5 Å². The van der Waals surface area contributed by atoms with Crippen molar-refractivity contribution in [2.24, 2.45) is 15.7 Å². The van der Waals surface area contributed by atoms with E-state index in [1.165, 1.54) is 27.8 Å². The Morgan fingerprint density at radius 1 is 0.851 bits per heavy atom. The summed E-state index contributed by atoms with van der Waals surface area (Å²) in [5, 5.41) is 1.14. The van der Waals surface area contributed by atoms with Crippen LogP contribution in [0, 0.1) is 6.92 Å². The number of fused-ring (bicyclic) bond motifs is 3. The monoisotopic (exact) mass is 612 g/mol. The fourth-order valence-electron chi connectivity index (χ4n) is 6.71. The summed E-state index contributed by atoms with van der Waals surface area (Å²) in [5.41, 5.74) is 19.9. The fraction of sp³-hybridized carbons (Fsp3) is 0.186. The molecule has 1 atom stereocenters. The molecule has 47 heavy (non-hydrogen) atoms. The topological polar surface area (TPSA) is 63.6 Å². The van der Waals surface area contributed by atoms with E-state index in [0.717, 1.165) is 76.9 Å². The molecule has 1 unspecified atom stereocenters. The molecule has 1 aliphatic carbocycles. The van der Waals surface area contributed by atoms with Gasteiger partial charge in [0.05, 0.1) is 16.9 Å². The summed E-state index contributed by atoms with van der Waals surface area (Å²) in [6.07, 6.45) is 13.8. The lowest BCUT2D eigenvalue weighted by molar-refractivity contribution is 0.809. The maximum absolute atomic E-state index is 6.66. The molecule has 0 saturated carbocycles. The fourth-order valence-corrected chi connectivity index (χ4v) is 6.71. The highest BCUT2D eigenvalue weighted by molar-refractivity contribution is 6.06. The van der Waals surface area contributed by atoms with E-state index >= 15 is 0 Å². The molecule has 232 valence electrons. The van der Waals surface area contributed by atoms with Gasteiger partial charge in [-0.15, -0.1) is 0 Å². The number of hydrogen-bond donors (Lipinski definition) is 1. The third kappa shape index (κ3) is 6.50. The molecule has 2 aliphatic rings. The van der Waals surface area contributed by atoms with Crippen molar-refractivity contribution in [3.63, 3.8) is 0 Å². The quantitative estimate of drug-likeness (QED) is 0.140. The van der Waals surface area contributed by atoms with Crippen molar-refractivity contribution in [1.29, 1.82) is 0 Å². The lowest BCUT2D eigenvalue weighted by Crippen LogP contribution is -2.13. The number of aliphatic imine (C=N–C) groups is 2. The van der Waals surface area contributed by atoms with Gasteiger partial charge in [0.1, 0.15) is 5.84 Å². The Morgan fingerprint density at radius 2 is 1.62 bits per heavy atom. The summed E-state index contributed by atoms with van der Waals surface area (Å²) < 4.78 is 0. The van der Waals surface area contributed by atoms with Gasteiger partial charge in [-0.1, -0.05) is 128 Å². The normalized spacial score (nSPS) is 15.6. The van der Waals surface area contributed by atoms with Crippen LogP contribution in [0.15, 0.2) is 137 Å². The zero-order valence-corrected chi connectivity index (χ0v) is 27.2. The zero-order chi connectivity index (χ0) is 32.2. The highest BCUT2D eigenvalue weighted by Crippen LogP contribution is 2.39. The van der Waals surface area contributed by atoms with Crippen LogP contribution in [0.3, 0.4) is 0 Å². The van der Waals surface area contributed by atoms with Crippen LogP contribution in [0.1, 0.15) is 77.6 Å². The van der Waals surface area contributed by atoms with Crippen LogP contribution in [0.5, 0.6) is 0 Å². The van der Waals surface area contributed by atoms with E-state index in [9.17, 15) is 0 Å². The summed E-state index contributed by atoms with van der Waals surface area (Å²) in [4.78, 5) is 15.4. The standard InChI is InChI=1S/C43H40N4/c1-3-30(38-27-29(2)45-42-37(38)25-23-35-24-26-39(46-41(35)42)33-15-9-5-10-16-33)28-40(47-43(44)36-17-11-6-12-18-36)34-21-19-32(20-22-34)31-13-7-4-8-14-31/h4-7,9-13,15-23,25,27-28,30H,3,8,14,24,26H2,1-2H3,(H2,44,47)/b40-28-. The number of hydrogen-bond acceptors (Lipinski definition) is 3. The third-order valence-electron chi connectivity index (χ3n) is 9.26. The first-order chi connectivity index (χ1) is 23.1. The highest BCUT2D eigenvalue weighted by atomic mass is 14.9. The van der Waals surface area contributed by atoms with Gasteiger partial charge in [0, 0.05) is 28.3 Å². The van der Waals surface area contributed by atoms with Crippen LogP contribution < -0.4 is 5.73 Å². The second-order valence-electron chi connectivity index (χ2n) is 12.4. The van der Waals surface area contributed by atoms with Crippen LogP contribution in [0.4, 0.5) is 5.69 Å². The maximum Gasteiger partial charge on any atom is 0.131 e. The first-order valence-corrected chi connectivity index (χ1v) is 16.7. The van der Waals surface area contributed by atoms with Crippen LogP contribution >= 0.6 is 0 Å². The summed E-state index contributed by atoms with van der Waals surface area (Å²) >= 11 is 0. The van der Waals surface area contributed by atoms with Gasteiger partial charge in [0.25, 0.3) is 0 Å². The summed E-state index contributed by atoms with van der Waals surface area (Å²) in [5.74, 6) is 0.593. The van der Waals surface area contributed by atoms with Crippen LogP contribution in [0.2, 0.25) is 0 Å². The molecule has 0 bridgehead atoms. The Kier molecular flexibility index (Phi) is 8.75. The van der Waals surface area contributed by atoms with Gasteiger partial charge >= 0.3 is 0 Å². The predicted molar refractivity (Wildman–Crippen MR) is 198 cm³/mol. The number of amidine groups is 1. The molecule has 1 aliphatic heterocycles. The molecule has 7 rings (SSSR count). The molecule has 4 aromatic carbocycles. The summed E-state index contributed by atoms with van der Waals surface area (Å²) in [6.45, 7) is 4.32. The molecular weight excluding hydrogens is 573 g/mol. The molecule has 4 heteroatoms. The van der Waals surface area contributed by atoms with Crippen molar-refractivity contribution in [3.8, 4) is 0 Å². The smallest absolute Gasteiger partial charge is 0.131 e. The molecule has 4 nitrogen and oxygen atoms in total. The first-order valence-electron chi connectivity index (χ1n) is 16.7. The Hall–Kier alpha value is -5.35. The van der Waals surface area contributed by atoms with E-state index in [1.54, 1.807) is 0 Å². The van der Waals surface area contributed by atoms with E-state index in [1.807, 2.05) is 30.3 Å². The average molecular weight is 613 g/mol. The van der Waals surface area contributed by atoms with Gasteiger partial charge in [-0.2, -0.15) is 0 Å². The number of aromatic nitrogens is 1. The van der Waals surface area contributed by atoms with Crippen molar-refractivity contribution >= 4 is 39.4 Å². The summed E-state index contributed by atoms with van der Waals surface area (Å²) in [7, 11) is 0. The second-order valence-corrected chi connectivity index (χ2v) is 12.4. The van der Waals surface area contributed by atoms with Gasteiger partial charge in [0.15, 0.2) is 0 Å². The van der Waals surface area contributed by atoms with Crippen molar-refractivity contribution < 1.29 is 0 Å². The van der Waals surface area contributed by atoms with Crippen molar-refractivity contribution in [2.75, 3.05) is 0 Å². The highest BCUT2D eigenvalue weighted by Gasteiger charge is 2.21. The Balaban J connectivity index is 1.34. The predicted octanol–water partition coefficient (Wildman–Crippen LogP) is 10.3. The largest absolute Gasteiger partial charge is 0.383 e. The molecule has 0 spiro atoms. The Morgan fingerprint density at radius 3 is 2.34 bits per heavy atom. The molecular formula is C43H40N4. The minimum Gasteiger partial charge on any atom is -0.383 e. The average Bonchev–Trinajstić information content (AvgIpc) is 3.14. The number of aryl methyl sites for hydroxylation is 2. The zero-order valence-electron chi connectivity index (χ0n) is 27.2. The number of rotatable bonds is 8. The number of pyridine rings is 1. The van der Waals surface area contributed by atoms with Crippen molar-refractivity contribution in [2.45, 2.75) is 51.9 Å². The second kappa shape index (κ2) is 13.6. The van der Waals surface area contributed by atoms with Crippen LogP contribution in [-0.2, 0) is 6.42 Å². The van der Waals surface area contributed by atoms with Crippen molar-refractivity contribution in [1.82, 2.24) is 4.98 Å². The minimum atomic E-state index is 0.0894. The molecule has 2 N–H and O–H groups in total. The lowest BCUT2D eigenvalue weighted by Gasteiger charge is -2.21. The van der Waals surface area contributed by atoms with E-state index in [-0.39, 0.29) is 5.92 Å². The third-order valence-corrected chi connectivity index (χ3v) is 9.26. The van der Waals surface area contributed by atoms with E-state index in [0.29, 0.717) is 5.84 Å². The maximum atomic E-state index is 6.66. The van der Waals surface area contributed by atoms with Gasteiger partial charge < -0.3 is 5.73 Å². The number of nitrogens with zero attached hydrogens (tertiary/aromatic N) is 3. The molecule has 0 saturated heterocycles. The number of nitrogens with two attached hydrogens (primary N) is 1. The Labute approximate surface area is 277 Å². The molecule has 1 aromatic heterocycles. The molecule has 0 fully saturated rings. The van der Waals surface area contributed by atoms with E-state index < -0.39 is 0 Å². The van der Waals surface area contributed by atoms with Gasteiger partial charge in [-0.05, 0) is 78.5 Å². The van der Waals surface area contributed by atoms with E-state index in [4.69, 9.17) is 20.7 Å². The summed E-state index contributed by atoms with van der Waals surface area (Å²) in [6, 6.07) is 36.0. The molecule has 2 heterocycles.